The third-order valence-corrected chi connectivity index (χ3v) is 3.74. The number of hydrogen-bond donors (Lipinski definition) is 2. The van der Waals surface area contributed by atoms with Gasteiger partial charge < -0.3 is 10.3 Å². The zero-order chi connectivity index (χ0) is 14.9. The van der Waals surface area contributed by atoms with E-state index in [0.29, 0.717) is 18.0 Å². The second-order valence-electron chi connectivity index (χ2n) is 3.86. The lowest BCUT2D eigenvalue weighted by atomic mass is 10.3. The fourth-order valence-corrected chi connectivity index (χ4v) is 2.46. The molecule has 2 aromatic rings. The lowest BCUT2D eigenvalue weighted by Crippen LogP contribution is -2.24. The summed E-state index contributed by atoms with van der Waals surface area (Å²) < 4.78 is 57.0. The smallest absolute Gasteiger partial charge is 0.244 e. The standard InChI is InChI=1S/C10H10F2N4O3S/c1-5-15-10(19-16-5)4-14-20(17,18)9-3-8(13)6(11)2-7(9)12/h2-3,14H,4,13H2,1H3. The molecule has 0 saturated heterocycles. The first-order valence-electron chi connectivity index (χ1n) is 5.33. The number of nitrogens with two attached hydrogens (primary N) is 1. The number of benzene rings is 1. The number of anilines is 1. The molecule has 7 nitrogen and oxygen atoms in total. The van der Waals surface area contributed by atoms with Crippen molar-refractivity contribution in [2.24, 2.45) is 0 Å². The highest BCUT2D eigenvalue weighted by molar-refractivity contribution is 7.89. The molecule has 1 heterocycles. The maximum Gasteiger partial charge on any atom is 0.244 e. The van der Waals surface area contributed by atoms with Crippen molar-refractivity contribution in [3.8, 4) is 0 Å². The third kappa shape index (κ3) is 2.91. The molecule has 108 valence electrons. The fraction of sp³-hybridized carbons (Fsp3) is 0.200. The Labute approximate surface area is 112 Å². The van der Waals surface area contributed by atoms with E-state index in [1.54, 1.807) is 6.92 Å². The van der Waals surface area contributed by atoms with E-state index in [0.717, 1.165) is 0 Å². The van der Waals surface area contributed by atoms with Crippen molar-refractivity contribution >= 4 is 15.7 Å². The Morgan fingerprint density at radius 3 is 2.65 bits per heavy atom. The van der Waals surface area contributed by atoms with Crippen LogP contribution in [0.5, 0.6) is 0 Å². The van der Waals surface area contributed by atoms with Gasteiger partial charge >= 0.3 is 0 Å². The Bertz CT molecular complexity index is 745. The summed E-state index contributed by atoms with van der Waals surface area (Å²) in [7, 11) is -4.22. The van der Waals surface area contributed by atoms with E-state index in [-0.39, 0.29) is 12.4 Å². The number of aromatic nitrogens is 2. The predicted octanol–water partition coefficient (Wildman–Crippen LogP) is 0.717. The summed E-state index contributed by atoms with van der Waals surface area (Å²) in [5.74, 6) is -1.93. The molecule has 3 N–H and O–H groups in total. The molecule has 0 amide bonds. The van der Waals surface area contributed by atoms with Crippen LogP contribution in [-0.4, -0.2) is 18.6 Å². The normalized spacial score (nSPS) is 11.8. The summed E-state index contributed by atoms with van der Waals surface area (Å²) in [6, 6.07) is 1.10. The largest absolute Gasteiger partial charge is 0.396 e. The van der Waals surface area contributed by atoms with Gasteiger partial charge in [0.2, 0.25) is 15.9 Å². The minimum Gasteiger partial charge on any atom is -0.396 e. The molecule has 20 heavy (non-hydrogen) atoms. The molecule has 1 aromatic carbocycles. The molecule has 0 unspecified atom stereocenters. The van der Waals surface area contributed by atoms with Gasteiger partial charge in [0.25, 0.3) is 0 Å². The molecule has 0 aliphatic rings. The molecule has 0 saturated carbocycles. The average molecular weight is 304 g/mol. The van der Waals surface area contributed by atoms with Gasteiger partial charge in [0.05, 0.1) is 12.2 Å². The van der Waals surface area contributed by atoms with Gasteiger partial charge in [-0.15, -0.1) is 0 Å². The van der Waals surface area contributed by atoms with Gasteiger partial charge in [0, 0.05) is 6.07 Å². The Hall–Kier alpha value is -2.07. The van der Waals surface area contributed by atoms with Crippen LogP contribution >= 0.6 is 0 Å². The maximum atomic E-state index is 13.5. The summed E-state index contributed by atoms with van der Waals surface area (Å²) in [5, 5.41) is 3.47. The van der Waals surface area contributed by atoms with E-state index in [9.17, 15) is 17.2 Å². The summed E-state index contributed by atoms with van der Waals surface area (Å²) in [4.78, 5) is 3.02. The van der Waals surface area contributed by atoms with Gasteiger partial charge in [-0.25, -0.2) is 21.9 Å². The van der Waals surface area contributed by atoms with E-state index in [4.69, 9.17) is 10.3 Å². The molecule has 0 fully saturated rings. The average Bonchev–Trinajstić information content (AvgIpc) is 2.77. The van der Waals surface area contributed by atoms with Crippen molar-refractivity contribution < 1.29 is 21.7 Å². The van der Waals surface area contributed by atoms with Crippen molar-refractivity contribution in [1.29, 1.82) is 0 Å². The number of sulfonamides is 1. The van der Waals surface area contributed by atoms with Gasteiger partial charge in [-0.3, -0.25) is 0 Å². The molecular weight excluding hydrogens is 294 g/mol. The van der Waals surface area contributed by atoms with E-state index < -0.39 is 32.2 Å². The summed E-state index contributed by atoms with van der Waals surface area (Å²) in [6.07, 6.45) is 0. The Balaban J connectivity index is 2.24. The predicted molar refractivity (Wildman–Crippen MR) is 63.8 cm³/mol. The van der Waals surface area contributed by atoms with Crippen LogP contribution in [0.4, 0.5) is 14.5 Å². The second kappa shape index (κ2) is 5.13. The summed E-state index contributed by atoms with van der Waals surface area (Å²) in [5.41, 5.74) is 4.75. The zero-order valence-corrected chi connectivity index (χ0v) is 11.0. The molecule has 10 heteroatoms. The first kappa shape index (κ1) is 14.3. The quantitative estimate of drug-likeness (QED) is 0.805. The van der Waals surface area contributed by atoms with Crippen LogP contribution in [0.1, 0.15) is 11.7 Å². The maximum absolute atomic E-state index is 13.5. The number of aryl methyl sites for hydroxylation is 1. The highest BCUT2D eigenvalue weighted by Crippen LogP contribution is 2.20. The van der Waals surface area contributed by atoms with Crippen LogP contribution in [0.2, 0.25) is 0 Å². The Morgan fingerprint density at radius 2 is 2.05 bits per heavy atom. The third-order valence-electron chi connectivity index (χ3n) is 2.32. The number of halogens is 2. The minimum absolute atomic E-state index is 0.0153. The van der Waals surface area contributed by atoms with Gasteiger partial charge in [-0.05, 0) is 13.0 Å². The molecule has 0 radical (unpaired) electrons. The fourth-order valence-electron chi connectivity index (χ4n) is 1.40. The Morgan fingerprint density at radius 1 is 1.35 bits per heavy atom. The van der Waals surface area contributed by atoms with Gasteiger partial charge in [0.1, 0.15) is 16.5 Å². The molecule has 0 aliphatic heterocycles. The number of nitrogens with one attached hydrogen (secondary N) is 1. The molecule has 0 bridgehead atoms. The minimum atomic E-state index is -4.22. The summed E-state index contributed by atoms with van der Waals surface area (Å²) >= 11 is 0. The number of hydrogen-bond acceptors (Lipinski definition) is 6. The zero-order valence-electron chi connectivity index (χ0n) is 10.2. The summed E-state index contributed by atoms with van der Waals surface area (Å²) in [6.45, 7) is 1.24. The molecule has 0 aliphatic carbocycles. The van der Waals surface area contributed by atoms with Gasteiger partial charge in [-0.2, -0.15) is 4.98 Å². The van der Waals surface area contributed by atoms with Gasteiger partial charge in [0.15, 0.2) is 5.82 Å². The monoisotopic (exact) mass is 304 g/mol. The van der Waals surface area contributed by atoms with Crippen molar-refractivity contribution in [3.63, 3.8) is 0 Å². The highest BCUT2D eigenvalue weighted by Gasteiger charge is 2.22. The van der Waals surface area contributed by atoms with E-state index in [1.165, 1.54) is 0 Å². The number of nitrogens with zero attached hydrogens (tertiary/aromatic N) is 2. The van der Waals surface area contributed by atoms with Crippen molar-refractivity contribution in [2.75, 3.05) is 5.73 Å². The van der Waals surface area contributed by atoms with E-state index in [2.05, 4.69) is 14.9 Å². The number of nitrogen functional groups attached to an aromatic ring is 1. The Kier molecular flexibility index (Phi) is 3.68. The van der Waals surface area contributed by atoms with E-state index in [1.807, 2.05) is 0 Å². The molecule has 1 aromatic heterocycles. The SMILES string of the molecule is Cc1noc(CNS(=O)(=O)c2cc(N)c(F)cc2F)n1. The number of rotatable bonds is 4. The van der Waals surface area contributed by atoms with E-state index >= 15 is 0 Å². The van der Waals surface area contributed by atoms with Crippen LogP contribution in [0.15, 0.2) is 21.6 Å². The van der Waals surface area contributed by atoms with Crippen molar-refractivity contribution in [1.82, 2.24) is 14.9 Å². The lowest BCUT2D eigenvalue weighted by Gasteiger charge is -2.07. The van der Waals surface area contributed by atoms with Crippen LogP contribution in [0.3, 0.4) is 0 Å². The molecule has 0 spiro atoms. The van der Waals surface area contributed by atoms with Crippen LogP contribution < -0.4 is 10.5 Å². The lowest BCUT2D eigenvalue weighted by molar-refractivity contribution is 0.372. The van der Waals surface area contributed by atoms with Crippen LogP contribution in [0, 0.1) is 18.6 Å². The van der Waals surface area contributed by atoms with Crippen molar-refractivity contribution in [3.05, 3.63) is 35.5 Å². The first-order chi connectivity index (χ1) is 9.29. The van der Waals surface area contributed by atoms with Crippen LogP contribution in [0.25, 0.3) is 0 Å². The molecular formula is C10H10F2N4O3S. The van der Waals surface area contributed by atoms with Gasteiger partial charge in [-0.1, -0.05) is 5.16 Å². The molecule has 0 atom stereocenters. The van der Waals surface area contributed by atoms with Crippen molar-refractivity contribution in [2.45, 2.75) is 18.4 Å². The van der Waals surface area contributed by atoms with Crippen LogP contribution in [-0.2, 0) is 16.6 Å². The highest BCUT2D eigenvalue weighted by atomic mass is 32.2. The topological polar surface area (TPSA) is 111 Å². The first-order valence-corrected chi connectivity index (χ1v) is 6.81. The second-order valence-corrected chi connectivity index (χ2v) is 5.60. The molecule has 2 rings (SSSR count).